The Morgan fingerprint density at radius 1 is 1.29 bits per heavy atom. The van der Waals surface area contributed by atoms with Crippen molar-refractivity contribution in [3.63, 3.8) is 0 Å². The smallest absolute Gasteiger partial charge is 0.122 e. The molecule has 3 N–H and O–H groups in total. The number of nitrogens with zero attached hydrogens (tertiary/aromatic N) is 1. The first-order valence-electron chi connectivity index (χ1n) is 7.86. The van der Waals surface area contributed by atoms with Gasteiger partial charge in [0.05, 0.1) is 0 Å². The molecule has 1 heterocycles. The monoisotopic (exact) mass is 289 g/mol. The maximum absolute atomic E-state index is 7.35. The van der Waals surface area contributed by atoms with Crippen LogP contribution in [0, 0.1) is 17.2 Å². The predicted octanol–water partition coefficient (Wildman–Crippen LogP) is 2.72. The first-order chi connectivity index (χ1) is 10.1. The molecule has 4 nitrogen and oxygen atoms in total. The number of benzene rings is 1. The topological polar surface area (TPSA) is 62.3 Å². The van der Waals surface area contributed by atoms with Crippen molar-refractivity contribution in [2.45, 2.75) is 26.7 Å². The summed E-state index contributed by atoms with van der Waals surface area (Å²) in [6, 6.07) is 7.40. The van der Waals surface area contributed by atoms with Crippen molar-refractivity contribution in [1.82, 2.24) is 4.90 Å². The Morgan fingerprint density at radius 3 is 2.43 bits per heavy atom. The fraction of sp³-hybridized carbons (Fsp3) is 0.588. The highest BCUT2D eigenvalue weighted by Crippen LogP contribution is 2.24. The van der Waals surface area contributed by atoms with Crippen LogP contribution in [0.4, 0.5) is 0 Å². The zero-order valence-electron chi connectivity index (χ0n) is 13.1. The molecule has 0 bridgehead atoms. The largest absolute Gasteiger partial charge is 0.492 e. The Kier molecular flexibility index (Phi) is 5.62. The molecule has 116 valence electrons. The number of nitrogens with two attached hydrogens (primary N) is 1. The second kappa shape index (κ2) is 7.46. The quantitative estimate of drug-likeness (QED) is 0.625. The average molecular weight is 289 g/mol. The highest BCUT2D eigenvalue weighted by molar-refractivity contribution is 5.94. The van der Waals surface area contributed by atoms with E-state index in [1.165, 1.54) is 25.9 Å². The fourth-order valence-electron chi connectivity index (χ4n) is 2.87. The average Bonchev–Trinajstić information content (AvgIpc) is 2.48. The third-order valence-corrected chi connectivity index (χ3v) is 4.42. The van der Waals surface area contributed by atoms with Crippen molar-refractivity contribution in [2.75, 3.05) is 26.2 Å². The van der Waals surface area contributed by atoms with Crippen LogP contribution < -0.4 is 10.5 Å². The molecule has 1 aliphatic heterocycles. The molecule has 0 amide bonds. The number of rotatable bonds is 6. The van der Waals surface area contributed by atoms with E-state index in [2.05, 4.69) is 18.7 Å². The fourth-order valence-corrected chi connectivity index (χ4v) is 2.87. The highest BCUT2D eigenvalue weighted by atomic mass is 16.5. The third-order valence-electron chi connectivity index (χ3n) is 4.42. The van der Waals surface area contributed by atoms with Gasteiger partial charge >= 0.3 is 0 Å². The van der Waals surface area contributed by atoms with E-state index in [9.17, 15) is 0 Å². The van der Waals surface area contributed by atoms with Gasteiger partial charge in [-0.15, -0.1) is 0 Å². The molecular formula is C17H27N3O. The van der Waals surface area contributed by atoms with Crippen molar-refractivity contribution in [3.05, 3.63) is 29.8 Å². The van der Waals surface area contributed by atoms with Gasteiger partial charge < -0.3 is 10.5 Å². The predicted molar refractivity (Wildman–Crippen MR) is 87.0 cm³/mol. The number of piperidine rings is 1. The van der Waals surface area contributed by atoms with Crippen LogP contribution in [0.25, 0.3) is 0 Å². The van der Waals surface area contributed by atoms with Crippen LogP contribution in [0.15, 0.2) is 24.3 Å². The minimum absolute atomic E-state index is 0.0922. The van der Waals surface area contributed by atoms with Gasteiger partial charge in [0, 0.05) is 12.1 Å². The van der Waals surface area contributed by atoms with Crippen molar-refractivity contribution in [2.24, 2.45) is 17.6 Å². The van der Waals surface area contributed by atoms with E-state index < -0.39 is 0 Å². The molecule has 1 aromatic rings. The molecule has 1 aliphatic rings. The van der Waals surface area contributed by atoms with E-state index >= 15 is 0 Å². The molecule has 2 rings (SSSR count). The number of nitrogens with one attached hydrogen (secondary N) is 1. The Hall–Kier alpha value is -1.55. The van der Waals surface area contributed by atoms with E-state index in [1.54, 1.807) is 0 Å². The summed E-state index contributed by atoms with van der Waals surface area (Å²) in [5, 5.41) is 7.35. The first-order valence-corrected chi connectivity index (χ1v) is 7.86. The van der Waals surface area contributed by atoms with Crippen molar-refractivity contribution in [1.29, 1.82) is 5.41 Å². The standard InChI is InChI=1S/C17H27N3O/c1-13(2)14-7-9-20(10-8-14)11-12-21-16-5-3-15(4-6-16)17(18)19/h3-6,13-14H,7-12H2,1-2H3,(H3,18,19). The molecule has 1 fully saturated rings. The third kappa shape index (κ3) is 4.74. The van der Waals surface area contributed by atoms with Gasteiger partial charge in [0.15, 0.2) is 0 Å². The van der Waals surface area contributed by atoms with Crippen molar-refractivity contribution in [3.8, 4) is 5.75 Å². The van der Waals surface area contributed by atoms with Crippen molar-refractivity contribution < 1.29 is 4.74 Å². The van der Waals surface area contributed by atoms with Crippen LogP contribution >= 0.6 is 0 Å². The van der Waals surface area contributed by atoms with Gasteiger partial charge in [-0.2, -0.15) is 0 Å². The van der Waals surface area contributed by atoms with Gasteiger partial charge in [0.25, 0.3) is 0 Å². The molecule has 0 aliphatic carbocycles. The lowest BCUT2D eigenvalue weighted by atomic mass is 9.87. The number of hydrogen-bond donors (Lipinski definition) is 2. The number of likely N-dealkylation sites (tertiary alicyclic amines) is 1. The summed E-state index contributed by atoms with van der Waals surface area (Å²) >= 11 is 0. The van der Waals surface area contributed by atoms with Crippen LogP contribution in [-0.2, 0) is 0 Å². The molecule has 0 aromatic heterocycles. The van der Waals surface area contributed by atoms with Crippen molar-refractivity contribution >= 4 is 5.84 Å². The Bertz CT molecular complexity index is 448. The maximum Gasteiger partial charge on any atom is 0.122 e. The first kappa shape index (κ1) is 15.8. The second-order valence-corrected chi connectivity index (χ2v) is 6.21. The molecule has 0 atom stereocenters. The van der Waals surface area contributed by atoms with Gasteiger partial charge in [-0.1, -0.05) is 13.8 Å². The number of nitrogen functional groups attached to an aromatic ring is 1. The molecule has 21 heavy (non-hydrogen) atoms. The highest BCUT2D eigenvalue weighted by Gasteiger charge is 2.21. The summed E-state index contributed by atoms with van der Waals surface area (Å²) < 4.78 is 5.76. The van der Waals surface area contributed by atoms with Gasteiger partial charge in [0.1, 0.15) is 18.2 Å². The lowest BCUT2D eigenvalue weighted by Gasteiger charge is -2.33. The minimum Gasteiger partial charge on any atom is -0.492 e. The van der Waals surface area contributed by atoms with E-state index in [1.807, 2.05) is 24.3 Å². The van der Waals surface area contributed by atoms with Crippen LogP contribution in [0.2, 0.25) is 0 Å². The van der Waals surface area contributed by atoms with Gasteiger partial charge in [-0.25, -0.2) is 0 Å². The summed E-state index contributed by atoms with van der Waals surface area (Å²) in [5.74, 6) is 2.64. The Morgan fingerprint density at radius 2 is 1.90 bits per heavy atom. The molecule has 0 radical (unpaired) electrons. The SMILES string of the molecule is CC(C)C1CCN(CCOc2ccc(C(=N)N)cc2)CC1. The second-order valence-electron chi connectivity index (χ2n) is 6.21. The van der Waals surface area contributed by atoms with Gasteiger partial charge in [-0.05, 0) is 62.0 Å². The van der Waals surface area contributed by atoms with Crippen LogP contribution in [0.5, 0.6) is 5.75 Å². The van der Waals surface area contributed by atoms with Crippen LogP contribution in [0.3, 0.4) is 0 Å². The maximum atomic E-state index is 7.35. The Labute approximate surface area is 127 Å². The molecule has 4 heteroatoms. The molecule has 0 spiro atoms. The summed E-state index contributed by atoms with van der Waals surface area (Å²) in [5.41, 5.74) is 6.16. The molecule has 0 saturated carbocycles. The number of ether oxygens (including phenoxy) is 1. The van der Waals surface area contributed by atoms with E-state index in [-0.39, 0.29) is 5.84 Å². The normalized spacial score (nSPS) is 17.1. The van der Waals surface area contributed by atoms with E-state index in [0.717, 1.165) is 29.7 Å². The van der Waals surface area contributed by atoms with E-state index in [4.69, 9.17) is 15.9 Å². The molecular weight excluding hydrogens is 262 g/mol. The summed E-state index contributed by atoms with van der Waals surface area (Å²) in [7, 11) is 0. The summed E-state index contributed by atoms with van der Waals surface area (Å²) in [4.78, 5) is 2.49. The van der Waals surface area contributed by atoms with E-state index in [0.29, 0.717) is 6.61 Å². The van der Waals surface area contributed by atoms with Gasteiger partial charge in [0.2, 0.25) is 0 Å². The molecule has 0 unspecified atom stereocenters. The zero-order valence-corrected chi connectivity index (χ0v) is 13.1. The zero-order chi connectivity index (χ0) is 15.2. The lowest BCUT2D eigenvalue weighted by molar-refractivity contribution is 0.137. The number of hydrogen-bond acceptors (Lipinski definition) is 3. The lowest BCUT2D eigenvalue weighted by Crippen LogP contribution is -2.37. The molecule has 1 aromatic carbocycles. The van der Waals surface area contributed by atoms with Gasteiger partial charge in [-0.3, -0.25) is 10.3 Å². The number of amidine groups is 1. The summed E-state index contributed by atoms with van der Waals surface area (Å²) in [6.45, 7) is 8.73. The van der Waals surface area contributed by atoms with Crippen LogP contribution in [-0.4, -0.2) is 37.0 Å². The minimum atomic E-state index is 0.0922. The Balaban J connectivity index is 1.69. The molecule has 1 saturated heterocycles. The van der Waals surface area contributed by atoms with Crippen LogP contribution in [0.1, 0.15) is 32.3 Å². The summed E-state index contributed by atoms with van der Waals surface area (Å²) in [6.07, 6.45) is 2.62.